The number of ether oxygens (including phenoxy) is 4. The average Bonchev–Trinajstić information content (AvgIpc) is 3.13. The SMILES string of the molecule is COc1cc(N(CC(=O)Nc2ccc3c(c2)OCO3)S(C)(=O)=O)c(OC)cc1Cl. The Bertz CT molecular complexity index is 1040. The third kappa shape index (κ3) is 4.60. The van der Waals surface area contributed by atoms with Gasteiger partial charge in [-0.3, -0.25) is 9.10 Å². The molecule has 11 heteroatoms. The summed E-state index contributed by atoms with van der Waals surface area (Å²) in [6, 6.07) is 7.69. The summed E-state index contributed by atoms with van der Waals surface area (Å²) in [6.07, 6.45) is 0.987. The van der Waals surface area contributed by atoms with Crippen LogP contribution in [0.4, 0.5) is 11.4 Å². The van der Waals surface area contributed by atoms with E-state index in [1.807, 2.05) is 0 Å². The summed E-state index contributed by atoms with van der Waals surface area (Å²) in [7, 11) is -1.07. The minimum atomic E-state index is -3.84. The number of benzene rings is 2. The monoisotopic (exact) mass is 442 g/mol. The smallest absolute Gasteiger partial charge is 0.245 e. The van der Waals surface area contributed by atoms with E-state index in [9.17, 15) is 13.2 Å². The summed E-state index contributed by atoms with van der Waals surface area (Å²) in [4.78, 5) is 12.6. The summed E-state index contributed by atoms with van der Waals surface area (Å²) in [5.74, 6) is 0.917. The molecule has 0 aromatic heterocycles. The van der Waals surface area contributed by atoms with E-state index in [4.69, 9.17) is 30.5 Å². The Morgan fingerprint density at radius 1 is 1.14 bits per heavy atom. The van der Waals surface area contributed by atoms with Gasteiger partial charge < -0.3 is 24.3 Å². The number of methoxy groups -OCH3 is 2. The molecule has 2 aromatic rings. The van der Waals surface area contributed by atoms with Crippen molar-refractivity contribution in [3.8, 4) is 23.0 Å². The van der Waals surface area contributed by atoms with E-state index in [0.717, 1.165) is 10.6 Å². The Kier molecular flexibility index (Phi) is 5.94. The molecular formula is C18H19ClN2O7S. The van der Waals surface area contributed by atoms with Crippen molar-refractivity contribution >= 4 is 38.9 Å². The van der Waals surface area contributed by atoms with Crippen LogP contribution >= 0.6 is 11.6 Å². The van der Waals surface area contributed by atoms with Crippen LogP contribution in [0.5, 0.6) is 23.0 Å². The van der Waals surface area contributed by atoms with Crippen molar-refractivity contribution in [2.24, 2.45) is 0 Å². The molecule has 1 aliphatic heterocycles. The molecule has 1 amide bonds. The Balaban J connectivity index is 1.88. The van der Waals surface area contributed by atoms with E-state index in [0.29, 0.717) is 17.2 Å². The van der Waals surface area contributed by atoms with Crippen molar-refractivity contribution in [3.05, 3.63) is 35.4 Å². The van der Waals surface area contributed by atoms with Gasteiger partial charge in [0, 0.05) is 23.9 Å². The normalized spacial score (nSPS) is 12.4. The molecular weight excluding hydrogens is 424 g/mol. The molecule has 0 aliphatic carbocycles. The van der Waals surface area contributed by atoms with Gasteiger partial charge in [-0.25, -0.2) is 8.42 Å². The van der Waals surface area contributed by atoms with Crippen LogP contribution in [0.3, 0.4) is 0 Å². The van der Waals surface area contributed by atoms with Crippen LogP contribution in [0.1, 0.15) is 0 Å². The fraction of sp³-hybridized carbons (Fsp3) is 0.278. The average molecular weight is 443 g/mol. The van der Waals surface area contributed by atoms with Gasteiger partial charge in [0.1, 0.15) is 18.0 Å². The molecule has 1 N–H and O–H groups in total. The van der Waals surface area contributed by atoms with Crippen LogP contribution in [0, 0.1) is 0 Å². The fourth-order valence-corrected chi connectivity index (χ4v) is 3.81. The second kappa shape index (κ2) is 8.26. The van der Waals surface area contributed by atoms with Crippen LogP contribution in [0.15, 0.2) is 30.3 Å². The van der Waals surface area contributed by atoms with Crippen molar-refractivity contribution < 1.29 is 32.2 Å². The van der Waals surface area contributed by atoms with Gasteiger partial charge >= 0.3 is 0 Å². The molecule has 1 heterocycles. The molecule has 0 atom stereocenters. The lowest BCUT2D eigenvalue weighted by Crippen LogP contribution is -2.37. The van der Waals surface area contributed by atoms with E-state index < -0.39 is 22.5 Å². The number of anilines is 2. The number of nitrogens with one attached hydrogen (secondary N) is 1. The Morgan fingerprint density at radius 2 is 1.83 bits per heavy atom. The standard InChI is InChI=1S/C18H19ClN2O7S/c1-25-15-8-13(16(26-2)7-12(15)19)21(29(3,23)24)9-18(22)20-11-4-5-14-17(6-11)28-10-27-14/h4-8H,9-10H2,1-3H3,(H,20,22). The van der Waals surface area contributed by atoms with Gasteiger partial charge in [-0.2, -0.15) is 0 Å². The van der Waals surface area contributed by atoms with Crippen molar-refractivity contribution in [3.63, 3.8) is 0 Å². The summed E-state index contributed by atoms with van der Waals surface area (Å²) in [5, 5.41) is 2.88. The molecule has 0 fully saturated rings. The van der Waals surface area contributed by atoms with E-state index in [2.05, 4.69) is 5.32 Å². The maximum atomic E-state index is 12.6. The van der Waals surface area contributed by atoms with Crippen molar-refractivity contribution in [1.29, 1.82) is 0 Å². The quantitative estimate of drug-likeness (QED) is 0.702. The predicted octanol–water partition coefficient (Wildman–Crippen LogP) is 2.49. The third-order valence-electron chi connectivity index (χ3n) is 4.07. The molecule has 0 radical (unpaired) electrons. The van der Waals surface area contributed by atoms with Crippen LogP contribution < -0.4 is 28.6 Å². The number of hydrogen-bond donors (Lipinski definition) is 1. The summed E-state index contributed by atoms with van der Waals surface area (Å²) in [5.41, 5.74) is 0.561. The number of nitrogens with zero attached hydrogens (tertiary/aromatic N) is 1. The number of hydrogen-bond acceptors (Lipinski definition) is 7. The number of rotatable bonds is 7. The lowest BCUT2D eigenvalue weighted by atomic mass is 10.2. The maximum absolute atomic E-state index is 12.6. The predicted molar refractivity (Wildman–Crippen MR) is 108 cm³/mol. The molecule has 0 spiro atoms. The van der Waals surface area contributed by atoms with Gasteiger partial charge in [-0.1, -0.05) is 11.6 Å². The molecule has 2 aromatic carbocycles. The largest absolute Gasteiger partial charge is 0.495 e. The zero-order chi connectivity index (χ0) is 21.2. The minimum Gasteiger partial charge on any atom is -0.495 e. The van der Waals surface area contributed by atoms with Crippen molar-refractivity contribution in [2.75, 3.05) is 43.4 Å². The first-order chi connectivity index (χ1) is 13.7. The zero-order valence-corrected chi connectivity index (χ0v) is 17.5. The Hall–Kier alpha value is -2.85. The zero-order valence-electron chi connectivity index (χ0n) is 15.9. The van der Waals surface area contributed by atoms with Gasteiger partial charge in [-0.05, 0) is 12.1 Å². The highest BCUT2D eigenvalue weighted by atomic mass is 35.5. The minimum absolute atomic E-state index is 0.104. The molecule has 1 aliphatic rings. The highest BCUT2D eigenvalue weighted by Crippen LogP contribution is 2.39. The first kappa shape index (κ1) is 20.9. The van der Waals surface area contributed by atoms with Crippen molar-refractivity contribution in [2.45, 2.75) is 0 Å². The third-order valence-corrected chi connectivity index (χ3v) is 5.49. The number of carbonyl (C=O) groups excluding carboxylic acids is 1. The van der Waals surface area contributed by atoms with Crippen LogP contribution in [-0.2, 0) is 14.8 Å². The lowest BCUT2D eigenvalue weighted by molar-refractivity contribution is -0.114. The molecule has 9 nitrogen and oxygen atoms in total. The van der Waals surface area contributed by atoms with Gasteiger partial charge in [-0.15, -0.1) is 0 Å². The number of fused-ring (bicyclic) bond motifs is 1. The number of amides is 1. The highest BCUT2D eigenvalue weighted by Gasteiger charge is 2.26. The van der Waals surface area contributed by atoms with E-state index >= 15 is 0 Å². The van der Waals surface area contributed by atoms with E-state index in [1.54, 1.807) is 18.2 Å². The van der Waals surface area contributed by atoms with Gasteiger partial charge in [0.25, 0.3) is 0 Å². The maximum Gasteiger partial charge on any atom is 0.245 e. The van der Waals surface area contributed by atoms with Crippen molar-refractivity contribution in [1.82, 2.24) is 0 Å². The summed E-state index contributed by atoms with van der Waals surface area (Å²) in [6.45, 7) is -0.388. The van der Waals surface area contributed by atoms with E-state index in [-0.39, 0.29) is 29.0 Å². The van der Waals surface area contributed by atoms with E-state index in [1.165, 1.54) is 26.4 Å². The first-order valence-corrected chi connectivity index (χ1v) is 10.5. The molecule has 0 saturated heterocycles. The lowest BCUT2D eigenvalue weighted by Gasteiger charge is -2.24. The number of halogens is 1. The molecule has 3 rings (SSSR count). The van der Waals surface area contributed by atoms with Crippen LogP contribution in [-0.4, -0.2) is 48.1 Å². The molecule has 0 bridgehead atoms. The number of sulfonamides is 1. The first-order valence-electron chi connectivity index (χ1n) is 8.31. The Labute approximate surface area is 173 Å². The topological polar surface area (TPSA) is 103 Å². The molecule has 29 heavy (non-hydrogen) atoms. The molecule has 0 saturated carbocycles. The van der Waals surface area contributed by atoms with Gasteiger partial charge in [0.2, 0.25) is 22.7 Å². The molecule has 0 unspecified atom stereocenters. The Morgan fingerprint density at radius 3 is 2.48 bits per heavy atom. The second-order valence-corrected chi connectivity index (χ2v) is 8.36. The second-order valence-electron chi connectivity index (χ2n) is 6.04. The number of carbonyl (C=O) groups is 1. The van der Waals surface area contributed by atoms with Gasteiger partial charge in [0.05, 0.1) is 31.2 Å². The highest BCUT2D eigenvalue weighted by molar-refractivity contribution is 7.92. The van der Waals surface area contributed by atoms with Crippen LogP contribution in [0.2, 0.25) is 5.02 Å². The molecule has 156 valence electrons. The summed E-state index contributed by atoms with van der Waals surface area (Å²) < 4.78 is 46.6. The fourth-order valence-electron chi connectivity index (χ4n) is 2.73. The van der Waals surface area contributed by atoms with Crippen LogP contribution in [0.25, 0.3) is 0 Å². The van der Waals surface area contributed by atoms with Gasteiger partial charge in [0.15, 0.2) is 11.5 Å². The summed E-state index contributed by atoms with van der Waals surface area (Å²) >= 11 is 6.08.